The SMILES string of the molecule is [C-]#[N+]c1cc(-c2nc(-c3ccccc3)nc(-c3ccccc3)c2C#N)ccc1-n1c2ccccc2c2cc3c(cc21)oc1ccccc13.[C-]#[N+]c1cc(-c2nc(-c3ccccc3)nc(-c3ccccc3)c2C#N)ccc1-n1c2ccccc2c2ccc3c4ccccc4oc3c21.[C-]#[N+]c1cc(-c2nc(-c3ccccc3)nc(-c3ccccc3)c2C#N)ccc1-n1c2ccccc2c2ccc3oc4ccccc4c3c21. The third-order valence-electron chi connectivity index (χ3n) is 26.7. The summed E-state index contributed by atoms with van der Waals surface area (Å²) >= 11 is 0. The zero-order valence-electron chi connectivity index (χ0n) is 76.3. The number of hydrogen-bond acceptors (Lipinski definition) is 12. The van der Waals surface area contributed by atoms with Crippen LogP contribution < -0.4 is 0 Å². The summed E-state index contributed by atoms with van der Waals surface area (Å²) in [6, 6.07) is 144. The summed E-state index contributed by atoms with van der Waals surface area (Å²) in [6.45, 7) is 25.0. The van der Waals surface area contributed by atoms with E-state index in [1.54, 1.807) is 0 Å². The van der Waals surface area contributed by atoms with Crippen molar-refractivity contribution in [2.45, 2.75) is 0 Å². The van der Waals surface area contributed by atoms with Crippen molar-refractivity contribution in [1.82, 2.24) is 43.6 Å². The average molecular weight is 1840 g/mol. The zero-order valence-corrected chi connectivity index (χ0v) is 76.3. The lowest BCUT2D eigenvalue weighted by molar-refractivity contribution is 0.669. The second-order valence-corrected chi connectivity index (χ2v) is 34.7. The molecule has 27 aromatic rings. The van der Waals surface area contributed by atoms with E-state index in [4.69, 9.17) is 62.9 Å². The Hall–Kier alpha value is -21.1. The summed E-state index contributed by atoms with van der Waals surface area (Å²) in [5, 5.41) is 44.1. The van der Waals surface area contributed by atoms with Crippen molar-refractivity contribution in [2.75, 3.05) is 0 Å². The van der Waals surface area contributed by atoms with Gasteiger partial charge in [0.2, 0.25) is 17.1 Å². The van der Waals surface area contributed by atoms with E-state index in [0.29, 0.717) is 108 Å². The first-order valence-electron chi connectivity index (χ1n) is 46.6. The van der Waals surface area contributed by atoms with E-state index in [1.165, 1.54) is 0 Å². The summed E-state index contributed by atoms with van der Waals surface area (Å²) in [5.74, 6) is 1.52. The zero-order chi connectivity index (χ0) is 96.6. The third kappa shape index (κ3) is 14.2. The molecule has 0 saturated heterocycles. The van der Waals surface area contributed by atoms with E-state index in [0.717, 1.165) is 176 Å². The molecule has 0 aliphatic carbocycles. The van der Waals surface area contributed by atoms with Crippen LogP contribution in [0.2, 0.25) is 0 Å². The fourth-order valence-electron chi connectivity index (χ4n) is 20.2. The first-order valence-corrected chi connectivity index (χ1v) is 46.6. The van der Waals surface area contributed by atoms with Crippen LogP contribution in [0.3, 0.4) is 0 Å². The van der Waals surface area contributed by atoms with Gasteiger partial charge < -0.3 is 27.0 Å². The Morgan fingerprint density at radius 2 is 0.521 bits per heavy atom. The maximum Gasteiger partial charge on any atom is 0.211 e. The molecule has 666 valence electrons. The molecule has 0 N–H and O–H groups in total. The van der Waals surface area contributed by atoms with E-state index in [-0.39, 0.29) is 0 Å². The van der Waals surface area contributed by atoms with Crippen LogP contribution in [0.4, 0.5) is 17.1 Å². The summed E-state index contributed by atoms with van der Waals surface area (Å²) in [7, 11) is 0. The van der Waals surface area contributed by atoms with Gasteiger partial charge in [-0.2, -0.15) is 15.8 Å². The molecule has 0 aliphatic heterocycles. The molecule has 0 amide bonds. The molecule has 0 fully saturated rings. The lowest BCUT2D eigenvalue weighted by Crippen LogP contribution is -2.01. The molecule has 0 radical (unpaired) electrons. The predicted octanol–water partition coefficient (Wildman–Crippen LogP) is 32.7. The monoisotopic (exact) mass is 1840 g/mol. The van der Waals surface area contributed by atoms with Gasteiger partial charge >= 0.3 is 0 Å². The van der Waals surface area contributed by atoms with Gasteiger partial charge in [0.05, 0.1) is 109 Å². The van der Waals surface area contributed by atoms with Crippen molar-refractivity contribution < 1.29 is 13.3 Å². The van der Waals surface area contributed by atoms with Crippen LogP contribution in [0.5, 0.6) is 0 Å². The van der Waals surface area contributed by atoms with Crippen molar-refractivity contribution in [3.05, 3.63) is 470 Å². The number of fused-ring (bicyclic) bond motifs is 20. The fraction of sp³-hybridized carbons (Fsp3) is 0. The second kappa shape index (κ2) is 35.2. The molecule has 0 atom stereocenters. The number of benzene rings is 18. The van der Waals surface area contributed by atoms with Gasteiger partial charge in [-0.3, -0.25) is 0 Å². The van der Waals surface area contributed by atoms with Crippen molar-refractivity contribution in [3.63, 3.8) is 0 Å². The van der Waals surface area contributed by atoms with E-state index in [9.17, 15) is 15.8 Å². The minimum absolute atomic E-state index is 0.352. The fourth-order valence-corrected chi connectivity index (χ4v) is 20.2. The van der Waals surface area contributed by atoms with Gasteiger partial charge in [0, 0.05) is 98.7 Å². The summed E-state index contributed by atoms with van der Waals surface area (Å²) < 4.78 is 25.5. The van der Waals surface area contributed by atoms with Crippen LogP contribution in [0.25, 0.3) is 265 Å². The standard InChI is InChI=1S/3C42H23N5O/c1-44-34-24-28(39-33(25-43)38(26-12-4-2-5-13-26)45-42(46-39)27-14-6-3-7-15-27)20-23-36(34)47-35-18-10-8-16-29(35)31-21-22-32-30-17-9-11-19-37(30)48-41(32)40(31)47;1-44-33-24-28(40-32(25-43)39(26-12-4-2-5-13-26)45-42(46-40)27-14-6-3-7-15-27)20-22-35(33)47-34-18-10-8-16-29(34)30-21-23-37-38(41(30)47)31-17-9-11-19-36(31)48-37;1-44-34-22-28(41-33(25-43)40(26-12-4-2-5-13-26)45-42(46-41)27-14-6-3-7-15-27)20-21-36(34)47-35-18-10-8-16-29(35)31-23-32-30-17-9-11-19-38(30)48-39(32)24-37(31)47/h3*2-24H. The van der Waals surface area contributed by atoms with Gasteiger partial charge in [0.1, 0.15) is 62.8 Å². The highest BCUT2D eigenvalue weighted by Crippen LogP contribution is 2.49. The third-order valence-corrected chi connectivity index (χ3v) is 26.7. The number of nitrogens with zero attached hydrogens (tertiary/aromatic N) is 15. The average Bonchev–Trinajstić information content (AvgIpc) is 1.56. The highest BCUT2D eigenvalue weighted by atomic mass is 16.3. The second-order valence-electron chi connectivity index (χ2n) is 34.7. The molecular formula is C126H69N15O3. The van der Waals surface area contributed by atoms with Crippen molar-refractivity contribution in [2.24, 2.45) is 0 Å². The molecule has 18 nitrogen and oxygen atoms in total. The molecule has 9 aromatic heterocycles. The van der Waals surface area contributed by atoms with E-state index in [2.05, 4.69) is 131 Å². The van der Waals surface area contributed by atoms with Crippen molar-refractivity contribution in [3.8, 4) is 137 Å². The molecule has 18 heteroatoms. The first kappa shape index (κ1) is 84.7. The number of hydrogen-bond donors (Lipinski definition) is 0. The molecule has 9 heterocycles. The number of para-hydroxylation sites is 6. The van der Waals surface area contributed by atoms with Gasteiger partial charge in [-0.1, -0.05) is 315 Å². The van der Waals surface area contributed by atoms with Crippen molar-refractivity contribution >= 4 is 148 Å². The molecule has 0 bridgehead atoms. The van der Waals surface area contributed by atoms with E-state index in [1.807, 2.05) is 334 Å². The first-order chi connectivity index (χ1) is 71.2. The lowest BCUT2D eigenvalue weighted by Gasteiger charge is -2.15. The number of nitriles is 3. The molecule has 144 heavy (non-hydrogen) atoms. The molecule has 0 aliphatic rings. The van der Waals surface area contributed by atoms with Gasteiger partial charge in [-0.15, -0.1) is 0 Å². The van der Waals surface area contributed by atoms with E-state index >= 15 is 0 Å². The maximum atomic E-state index is 10.5. The Morgan fingerprint density at radius 1 is 0.215 bits per heavy atom. The lowest BCUT2D eigenvalue weighted by atomic mass is 9.99. The Labute approximate surface area is 822 Å². The summed E-state index contributed by atoms with van der Waals surface area (Å²) in [6.07, 6.45) is 0. The Morgan fingerprint density at radius 3 is 0.938 bits per heavy atom. The smallest absolute Gasteiger partial charge is 0.211 e. The molecule has 27 rings (SSSR count). The van der Waals surface area contributed by atoms with Gasteiger partial charge in [0.25, 0.3) is 0 Å². The molecule has 0 saturated carbocycles. The van der Waals surface area contributed by atoms with Crippen LogP contribution in [-0.4, -0.2) is 43.6 Å². The number of furan rings is 3. The largest absolute Gasteiger partial charge is 0.456 e. The van der Waals surface area contributed by atoms with Crippen LogP contribution in [-0.2, 0) is 0 Å². The Balaban J connectivity index is 0.000000113. The summed E-state index contributed by atoms with van der Waals surface area (Å²) in [4.78, 5) is 41.6. The van der Waals surface area contributed by atoms with Crippen LogP contribution in [0, 0.1) is 53.7 Å². The Kier molecular flexibility index (Phi) is 20.7. The quantitative estimate of drug-likeness (QED) is 0.104. The molecular weight excluding hydrogens is 1770 g/mol. The van der Waals surface area contributed by atoms with Gasteiger partial charge in [-0.25, -0.2) is 44.4 Å². The molecule has 0 spiro atoms. The maximum absolute atomic E-state index is 10.5. The molecule has 18 aromatic carbocycles. The number of rotatable bonds is 12. The Bertz CT molecular complexity index is 10200. The van der Waals surface area contributed by atoms with Gasteiger partial charge in [-0.05, 0) is 114 Å². The van der Waals surface area contributed by atoms with Gasteiger partial charge in [0.15, 0.2) is 23.1 Å². The highest BCUT2D eigenvalue weighted by molar-refractivity contribution is 6.26. The van der Waals surface area contributed by atoms with E-state index < -0.39 is 0 Å². The van der Waals surface area contributed by atoms with Crippen molar-refractivity contribution in [1.29, 1.82) is 15.8 Å². The summed E-state index contributed by atoms with van der Waals surface area (Å²) in [5.41, 5.74) is 25.1. The normalized spacial score (nSPS) is 11.3. The minimum atomic E-state index is 0.352. The minimum Gasteiger partial charge on any atom is -0.456 e. The highest BCUT2D eigenvalue weighted by Gasteiger charge is 2.30. The predicted molar refractivity (Wildman–Crippen MR) is 573 cm³/mol. The van der Waals surface area contributed by atoms with Crippen LogP contribution in [0.15, 0.2) is 432 Å². The molecule has 0 unspecified atom stereocenters. The van der Waals surface area contributed by atoms with Crippen LogP contribution in [0.1, 0.15) is 16.7 Å². The number of aromatic nitrogens is 9. The topological polar surface area (TPSA) is 216 Å². The van der Waals surface area contributed by atoms with Crippen LogP contribution >= 0.6 is 0 Å².